The normalized spacial score (nSPS) is 11.9. The summed E-state index contributed by atoms with van der Waals surface area (Å²) in [7, 11) is -4.08. The van der Waals surface area contributed by atoms with Gasteiger partial charge in [0.05, 0.1) is 4.90 Å². The third kappa shape index (κ3) is 7.18. The molecule has 0 fully saturated rings. The molecular weight excluding hydrogens is 438 g/mol. The van der Waals surface area contributed by atoms with Crippen LogP contribution in [0.2, 0.25) is 0 Å². The van der Waals surface area contributed by atoms with E-state index in [0.717, 1.165) is 0 Å². The van der Waals surface area contributed by atoms with Gasteiger partial charge in [0.25, 0.3) is 5.91 Å². The number of amidine groups is 1. The Morgan fingerprint density at radius 3 is 2.12 bits per heavy atom. The van der Waals surface area contributed by atoms with E-state index in [1.54, 1.807) is 6.07 Å². The number of hydrogen-bond acceptors (Lipinski definition) is 6. The largest absolute Gasteiger partial charge is 0.480 e. The van der Waals surface area contributed by atoms with Gasteiger partial charge in [-0.2, -0.15) is 4.72 Å². The topological polar surface area (TPSA) is 192 Å². The molecule has 0 unspecified atom stereocenters. The minimum absolute atomic E-state index is 0.0212. The van der Waals surface area contributed by atoms with E-state index in [-0.39, 0.29) is 23.7 Å². The summed E-state index contributed by atoms with van der Waals surface area (Å²) >= 11 is 0. The number of amides is 2. The summed E-state index contributed by atoms with van der Waals surface area (Å²) < 4.78 is 26.6. The van der Waals surface area contributed by atoms with Gasteiger partial charge < -0.3 is 21.5 Å². The van der Waals surface area contributed by atoms with Gasteiger partial charge in [-0.1, -0.05) is 30.3 Å². The lowest BCUT2D eigenvalue weighted by atomic mass is 10.1. The van der Waals surface area contributed by atoms with Gasteiger partial charge in [0.1, 0.15) is 11.9 Å². The molecule has 32 heavy (non-hydrogen) atoms. The molecule has 12 heteroatoms. The highest BCUT2D eigenvalue weighted by Crippen LogP contribution is 2.08. The standard InChI is InChI=1S/C20H23N5O6S/c21-18(22)13-6-8-14(9-7-13)19(27)23-11-10-17(26)24-12-16(20(28)29)25-32(30,31)15-4-2-1-3-5-15/h1-9,16,25H,10-12H2,(H3,21,22)(H,23,27)(H,24,26)(H,28,29)/t16-/m0/s1. The number of nitrogen functional groups attached to an aromatic ring is 1. The van der Waals surface area contributed by atoms with Gasteiger partial charge in [0.15, 0.2) is 0 Å². The van der Waals surface area contributed by atoms with Crippen LogP contribution in [-0.2, 0) is 19.6 Å². The van der Waals surface area contributed by atoms with Crippen molar-refractivity contribution in [3.05, 3.63) is 65.7 Å². The number of sulfonamides is 1. The van der Waals surface area contributed by atoms with Gasteiger partial charge in [0, 0.05) is 30.6 Å². The van der Waals surface area contributed by atoms with Crippen molar-refractivity contribution in [3.8, 4) is 0 Å². The first-order valence-electron chi connectivity index (χ1n) is 9.39. The number of aliphatic carboxylic acids is 1. The molecule has 0 saturated carbocycles. The van der Waals surface area contributed by atoms with Crippen molar-refractivity contribution in [2.24, 2.45) is 5.73 Å². The van der Waals surface area contributed by atoms with Crippen molar-refractivity contribution in [2.45, 2.75) is 17.4 Å². The lowest BCUT2D eigenvalue weighted by molar-refractivity contribution is -0.138. The summed E-state index contributed by atoms with van der Waals surface area (Å²) in [6.45, 7) is -0.493. The molecule has 0 radical (unpaired) electrons. The number of carbonyl (C=O) groups excluding carboxylic acids is 2. The average Bonchev–Trinajstić information content (AvgIpc) is 2.77. The molecule has 0 aliphatic heterocycles. The maximum atomic E-state index is 12.3. The van der Waals surface area contributed by atoms with E-state index in [1.807, 2.05) is 4.72 Å². The fourth-order valence-electron chi connectivity index (χ4n) is 2.53. The molecule has 0 aliphatic rings. The Morgan fingerprint density at radius 1 is 0.969 bits per heavy atom. The van der Waals surface area contributed by atoms with Crippen molar-refractivity contribution in [1.82, 2.24) is 15.4 Å². The summed E-state index contributed by atoms with van der Waals surface area (Å²) in [4.78, 5) is 35.3. The van der Waals surface area contributed by atoms with Crippen LogP contribution in [0.4, 0.5) is 0 Å². The van der Waals surface area contributed by atoms with Crippen LogP contribution in [0, 0.1) is 5.41 Å². The summed E-state index contributed by atoms with van der Waals surface area (Å²) in [6.07, 6.45) is -0.144. The molecule has 11 nitrogen and oxygen atoms in total. The van der Waals surface area contributed by atoms with E-state index >= 15 is 0 Å². The molecule has 0 aliphatic carbocycles. The Hall–Kier alpha value is -3.77. The van der Waals surface area contributed by atoms with Crippen LogP contribution < -0.4 is 21.1 Å². The number of nitrogens with two attached hydrogens (primary N) is 1. The van der Waals surface area contributed by atoms with E-state index < -0.39 is 40.4 Å². The minimum Gasteiger partial charge on any atom is -0.480 e. The first-order chi connectivity index (χ1) is 15.1. The third-order valence-electron chi connectivity index (χ3n) is 4.25. The molecule has 2 aromatic carbocycles. The highest BCUT2D eigenvalue weighted by atomic mass is 32.2. The number of benzene rings is 2. The fourth-order valence-corrected chi connectivity index (χ4v) is 3.74. The van der Waals surface area contributed by atoms with E-state index in [1.165, 1.54) is 48.5 Å². The summed E-state index contributed by atoms with van der Waals surface area (Å²) in [5, 5.41) is 21.5. The Morgan fingerprint density at radius 2 is 1.56 bits per heavy atom. The zero-order chi connectivity index (χ0) is 23.7. The average molecular weight is 462 g/mol. The zero-order valence-electron chi connectivity index (χ0n) is 16.9. The molecule has 0 aromatic heterocycles. The molecule has 7 N–H and O–H groups in total. The second kappa shape index (κ2) is 11.0. The van der Waals surface area contributed by atoms with Crippen LogP contribution in [-0.4, -0.2) is 56.3 Å². The van der Waals surface area contributed by atoms with Crippen molar-refractivity contribution in [2.75, 3.05) is 13.1 Å². The lowest BCUT2D eigenvalue weighted by Gasteiger charge is -2.15. The monoisotopic (exact) mass is 461 g/mol. The van der Waals surface area contributed by atoms with Gasteiger partial charge in [-0.15, -0.1) is 0 Å². The first-order valence-corrected chi connectivity index (χ1v) is 10.9. The van der Waals surface area contributed by atoms with E-state index in [4.69, 9.17) is 11.1 Å². The molecule has 0 bridgehead atoms. The first kappa shape index (κ1) is 24.5. The van der Waals surface area contributed by atoms with Crippen molar-refractivity contribution >= 4 is 33.6 Å². The SMILES string of the molecule is N=C(N)c1ccc(C(=O)NCCC(=O)NC[C@H](NS(=O)(=O)c2ccccc2)C(=O)O)cc1. The van der Waals surface area contributed by atoms with Gasteiger partial charge in [-0.05, 0) is 24.3 Å². The van der Waals surface area contributed by atoms with Gasteiger partial charge >= 0.3 is 5.97 Å². The zero-order valence-corrected chi connectivity index (χ0v) is 17.7. The lowest BCUT2D eigenvalue weighted by Crippen LogP contribution is -2.48. The molecule has 2 rings (SSSR count). The van der Waals surface area contributed by atoms with Crippen LogP contribution in [0.15, 0.2) is 59.5 Å². The van der Waals surface area contributed by atoms with Crippen LogP contribution in [0.1, 0.15) is 22.3 Å². The van der Waals surface area contributed by atoms with Crippen molar-refractivity contribution < 1.29 is 27.9 Å². The van der Waals surface area contributed by atoms with Crippen molar-refractivity contribution in [3.63, 3.8) is 0 Å². The maximum absolute atomic E-state index is 12.3. The maximum Gasteiger partial charge on any atom is 0.323 e. The predicted octanol–water partition coefficient (Wildman–Crippen LogP) is -0.362. The minimum atomic E-state index is -4.08. The molecule has 0 saturated heterocycles. The second-order valence-corrected chi connectivity index (χ2v) is 8.34. The van der Waals surface area contributed by atoms with E-state index in [9.17, 15) is 27.9 Å². The van der Waals surface area contributed by atoms with Crippen LogP contribution >= 0.6 is 0 Å². The molecule has 2 aromatic rings. The van der Waals surface area contributed by atoms with E-state index in [0.29, 0.717) is 11.1 Å². The van der Waals surface area contributed by atoms with Crippen LogP contribution in [0.5, 0.6) is 0 Å². The number of carboxylic acid groups (broad SMARTS) is 1. The Balaban J connectivity index is 1.82. The molecular formula is C20H23N5O6S. The molecule has 2 amide bonds. The highest BCUT2D eigenvalue weighted by Gasteiger charge is 2.25. The van der Waals surface area contributed by atoms with Gasteiger partial charge in [-0.3, -0.25) is 19.8 Å². The Kier molecular flexibility index (Phi) is 8.44. The van der Waals surface area contributed by atoms with E-state index in [2.05, 4.69) is 10.6 Å². The number of rotatable bonds is 11. The molecule has 0 spiro atoms. The summed E-state index contributed by atoms with van der Waals surface area (Å²) in [5.74, 6) is -2.58. The van der Waals surface area contributed by atoms with Gasteiger partial charge in [0.2, 0.25) is 15.9 Å². The predicted molar refractivity (Wildman–Crippen MR) is 116 cm³/mol. The Bertz CT molecular complexity index is 1090. The number of carboxylic acids is 1. The number of carbonyl (C=O) groups is 3. The molecule has 170 valence electrons. The van der Waals surface area contributed by atoms with Crippen LogP contribution in [0.3, 0.4) is 0 Å². The quantitative estimate of drug-likeness (QED) is 0.194. The number of hydrogen-bond donors (Lipinski definition) is 6. The summed E-state index contributed by atoms with van der Waals surface area (Å²) in [5.41, 5.74) is 6.13. The van der Waals surface area contributed by atoms with Crippen LogP contribution in [0.25, 0.3) is 0 Å². The highest BCUT2D eigenvalue weighted by molar-refractivity contribution is 7.89. The molecule has 0 heterocycles. The third-order valence-corrected chi connectivity index (χ3v) is 5.74. The smallest absolute Gasteiger partial charge is 0.323 e. The van der Waals surface area contributed by atoms with Crippen molar-refractivity contribution in [1.29, 1.82) is 5.41 Å². The fraction of sp³-hybridized carbons (Fsp3) is 0.200. The second-order valence-electron chi connectivity index (χ2n) is 6.63. The van der Waals surface area contributed by atoms with Gasteiger partial charge in [-0.25, -0.2) is 8.42 Å². The number of nitrogens with one attached hydrogen (secondary N) is 4. The summed E-state index contributed by atoms with van der Waals surface area (Å²) in [6, 6.07) is 11.7. The Labute approximate surface area is 184 Å². The molecule has 1 atom stereocenters.